The average Bonchev–Trinajstić information content (AvgIpc) is 3.39. The summed E-state index contributed by atoms with van der Waals surface area (Å²) in [5, 5.41) is 199. The van der Waals surface area contributed by atoms with E-state index in [-0.39, 0.29) is 0 Å². The number of ether oxygens (including phenoxy) is 10. The maximum absolute atomic E-state index is 12.6. The number of hydrogen-bond donors (Lipinski definition) is 21. The van der Waals surface area contributed by atoms with E-state index in [1.54, 1.807) is 0 Å². The van der Waals surface area contributed by atoms with Gasteiger partial charge in [0.2, 0.25) is 17.7 Å². The lowest BCUT2D eigenvalue weighted by atomic mass is 9.94. The van der Waals surface area contributed by atoms with Crippen LogP contribution in [0.3, 0.4) is 0 Å². The highest BCUT2D eigenvalue weighted by atomic mass is 16.8. The molecule has 5 aliphatic heterocycles. The van der Waals surface area contributed by atoms with Gasteiger partial charge in [0, 0.05) is 20.8 Å². The molecule has 0 aromatic carbocycles. The van der Waals surface area contributed by atoms with Gasteiger partial charge in [0.15, 0.2) is 31.5 Å². The van der Waals surface area contributed by atoms with Gasteiger partial charge < -0.3 is 155 Å². The number of hydrogen-bond acceptors (Lipinski definition) is 31. The fourth-order valence-corrected chi connectivity index (χ4v) is 9.22. The summed E-state index contributed by atoms with van der Waals surface area (Å²) in [6.45, 7) is -3.93. The minimum atomic E-state index is -2.34. The Balaban J connectivity index is 1.47. The van der Waals surface area contributed by atoms with E-state index in [4.69, 9.17) is 47.4 Å². The second-order valence-corrected chi connectivity index (χ2v) is 18.8. The zero-order chi connectivity index (χ0) is 56.6. The number of nitrogens with one attached hydrogen (secondary N) is 3. The number of carbonyl (C=O) groups excluding carboxylic acids is 3. The molecule has 29 atom stereocenters. The molecule has 34 nitrogen and oxygen atoms in total. The second kappa shape index (κ2) is 28.6. The molecule has 34 heteroatoms. The Morgan fingerprint density at radius 2 is 0.868 bits per heavy atom. The number of aliphatic hydroxyl groups excluding tert-OH is 18. The third-order valence-corrected chi connectivity index (χ3v) is 13.3. The third kappa shape index (κ3) is 14.8. The molecule has 5 fully saturated rings. The van der Waals surface area contributed by atoms with E-state index in [1.165, 1.54) is 0 Å². The van der Waals surface area contributed by atoms with Crippen LogP contribution >= 0.6 is 0 Å². The highest BCUT2D eigenvalue weighted by Gasteiger charge is 2.57. The van der Waals surface area contributed by atoms with Crippen LogP contribution in [0, 0.1) is 0 Å². The number of aliphatic hydroxyl groups is 18. The highest BCUT2D eigenvalue weighted by Crippen LogP contribution is 2.35. The molecule has 0 aromatic rings. The van der Waals surface area contributed by atoms with E-state index in [0.717, 1.165) is 20.8 Å². The summed E-state index contributed by atoms with van der Waals surface area (Å²) in [5.74, 6) is -2.49. The van der Waals surface area contributed by atoms with Gasteiger partial charge in [-0.15, -0.1) is 0 Å². The van der Waals surface area contributed by atoms with Crippen LogP contribution in [-0.2, 0) is 61.8 Å². The van der Waals surface area contributed by atoms with Crippen LogP contribution in [0.4, 0.5) is 0 Å². The maximum atomic E-state index is 12.6. The molecule has 0 bridgehead atoms. The van der Waals surface area contributed by atoms with Crippen molar-refractivity contribution in [2.75, 3.05) is 46.2 Å². The summed E-state index contributed by atoms with van der Waals surface area (Å²) in [4.78, 5) is 37.1. The van der Waals surface area contributed by atoms with E-state index >= 15 is 0 Å². The van der Waals surface area contributed by atoms with Crippen molar-refractivity contribution < 1.29 is 154 Å². The minimum Gasteiger partial charge on any atom is -0.394 e. The Bertz CT molecular complexity index is 1820. The first kappa shape index (κ1) is 64.1. The monoisotopic (exact) mass is 1120 g/mol. The molecule has 442 valence electrons. The largest absolute Gasteiger partial charge is 0.394 e. The second-order valence-electron chi connectivity index (χ2n) is 18.8. The van der Waals surface area contributed by atoms with Crippen molar-refractivity contribution in [3.05, 3.63) is 0 Å². The Labute approximate surface area is 431 Å². The van der Waals surface area contributed by atoms with Crippen LogP contribution < -0.4 is 16.0 Å². The average molecular weight is 1120 g/mol. The minimum absolute atomic E-state index is 0.786. The summed E-state index contributed by atoms with van der Waals surface area (Å²) in [7, 11) is 0. The van der Waals surface area contributed by atoms with E-state index in [1.807, 2.05) is 0 Å². The number of amides is 3. The van der Waals surface area contributed by atoms with Crippen molar-refractivity contribution in [3.63, 3.8) is 0 Å². The van der Waals surface area contributed by atoms with Crippen LogP contribution in [0.1, 0.15) is 20.8 Å². The zero-order valence-electron chi connectivity index (χ0n) is 41.0. The van der Waals surface area contributed by atoms with Crippen LogP contribution in [0.5, 0.6) is 0 Å². The fraction of sp³-hybridized carbons (Fsp3) is 0.929. The van der Waals surface area contributed by atoms with Gasteiger partial charge in [0.05, 0.1) is 52.3 Å². The smallest absolute Gasteiger partial charge is 0.217 e. The van der Waals surface area contributed by atoms with Gasteiger partial charge in [0.1, 0.15) is 140 Å². The molecule has 0 aromatic heterocycles. The van der Waals surface area contributed by atoms with Crippen molar-refractivity contribution in [1.82, 2.24) is 16.0 Å². The lowest BCUT2D eigenvalue weighted by molar-refractivity contribution is -0.376. The SMILES string of the molecule is CC(=O)N[C@H]1[C@H](OC[C@H]2O[C@@H](O[C@@H]([C@H](O)[C@H](CO)NC(C)=O)[C@H](O)CO)[C@H](O)[C@@H](O[C@@H]3O[C@H](CO)[C@@H](O[C@@H]4O[C@H](CO)[C@H](O)[C@H](O)[C@H]4O)[C@H](O)[C@H]3NC(C)=O)[C@H]2O)O[C@H](CO)[C@@H](O[C@@H]2O[C@H](CO)[C@H](O)[C@H](O)[C@H]2O)[C@@H]1O. The summed E-state index contributed by atoms with van der Waals surface area (Å²) in [6.07, 6.45) is -50.5. The summed E-state index contributed by atoms with van der Waals surface area (Å²) in [6, 6.07) is -5.14. The topological polar surface area (TPSA) is 544 Å². The van der Waals surface area contributed by atoms with E-state index in [9.17, 15) is 106 Å². The van der Waals surface area contributed by atoms with E-state index in [0.29, 0.717) is 0 Å². The first-order valence-electron chi connectivity index (χ1n) is 24.0. The first-order chi connectivity index (χ1) is 35.9. The molecular formula is C42H73N3O31. The fourth-order valence-electron chi connectivity index (χ4n) is 9.22. The quantitative estimate of drug-likeness (QED) is 0.0452. The van der Waals surface area contributed by atoms with Crippen LogP contribution in [0.15, 0.2) is 0 Å². The molecule has 21 N–H and O–H groups in total. The van der Waals surface area contributed by atoms with Gasteiger partial charge in [-0.25, -0.2) is 0 Å². The van der Waals surface area contributed by atoms with E-state index < -0.39 is 242 Å². The first-order valence-corrected chi connectivity index (χ1v) is 24.0. The summed E-state index contributed by atoms with van der Waals surface area (Å²) in [5.41, 5.74) is 0. The molecule has 5 aliphatic rings. The standard InChI is InChI=1S/C42H73N3O31/c1-11(52)43-14(4-46)23(56)34(15(55)5-47)73-42-33(66)37(76-39-22(45-13(3)54)28(61)36(19(9-51)71-39)75-41-32(65)30(63)25(58)17(7-49)69-41)26(59)20(72-42)10-67-38-21(44-12(2)53)27(60)35(18(8-50)70-38)74-40-31(64)29(62)24(57)16(6-48)68-40/h14-42,46-51,55-66H,4-10H2,1-3H3,(H,43,52)(H,44,53)(H,45,54)/t14-,15+,16+,17+,18+,19+,20+,21+,22+,23+,24-,25-,26-,27+,28+,29-,30-,31+,32+,33+,34+,35+,36+,37-,38+,39-,40-,41-,42-/m0/s1. The van der Waals surface area contributed by atoms with Crippen molar-refractivity contribution in [1.29, 1.82) is 0 Å². The molecular weight excluding hydrogens is 1040 g/mol. The summed E-state index contributed by atoms with van der Waals surface area (Å²) < 4.78 is 57.6. The normalized spacial score (nSPS) is 43.8. The third-order valence-electron chi connectivity index (χ3n) is 13.3. The van der Waals surface area contributed by atoms with Crippen LogP contribution in [-0.4, -0.2) is 334 Å². The molecule has 0 saturated carbocycles. The van der Waals surface area contributed by atoms with Crippen molar-refractivity contribution in [3.8, 4) is 0 Å². The van der Waals surface area contributed by atoms with E-state index in [2.05, 4.69) is 16.0 Å². The predicted octanol–water partition coefficient (Wildman–Crippen LogP) is -14.0. The van der Waals surface area contributed by atoms with Gasteiger partial charge in [-0.3, -0.25) is 14.4 Å². The Kier molecular flexibility index (Phi) is 24.1. The van der Waals surface area contributed by atoms with Gasteiger partial charge in [-0.2, -0.15) is 0 Å². The molecule has 5 rings (SSSR count). The lowest BCUT2D eigenvalue weighted by Gasteiger charge is -2.50. The molecule has 5 saturated heterocycles. The van der Waals surface area contributed by atoms with Crippen LogP contribution in [0.2, 0.25) is 0 Å². The number of carbonyl (C=O) groups is 3. The predicted molar refractivity (Wildman–Crippen MR) is 236 cm³/mol. The molecule has 0 aliphatic carbocycles. The Morgan fingerprint density at radius 3 is 1.29 bits per heavy atom. The Morgan fingerprint density at radius 1 is 0.447 bits per heavy atom. The van der Waals surface area contributed by atoms with Crippen molar-refractivity contribution in [2.45, 2.75) is 199 Å². The Hall–Kier alpha value is -2.71. The lowest BCUT2D eigenvalue weighted by Crippen LogP contribution is -2.70. The molecule has 0 spiro atoms. The molecule has 0 unspecified atom stereocenters. The van der Waals surface area contributed by atoms with Gasteiger partial charge in [-0.05, 0) is 0 Å². The number of rotatable bonds is 23. The summed E-state index contributed by atoms with van der Waals surface area (Å²) >= 11 is 0. The van der Waals surface area contributed by atoms with Gasteiger partial charge in [0.25, 0.3) is 0 Å². The van der Waals surface area contributed by atoms with Crippen LogP contribution in [0.25, 0.3) is 0 Å². The van der Waals surface area contributed by atoms with Crippen molar-refractivity contribution >= 4 is 17.7 Å². The molecule has 3 amide bonds. The van der Waals surface area contributed by atoms with Crippen molar-refractivity contribution in [2.24, 2.45) is 0 Å². The highest BCUT2D eigenvalue weighted by molar-refractivity contribution is 5.74. The molecule has 76 heavy (non-hydrogen) atoms. The maximum Gasteiger partial charge on any atom is 0.217 e. The molecule has 5 heterocycles. The van der Waals surface area contributed by atoms with Gasteiger partial charge in [-0.1, -0.05) is 0 Å². The van der Waals surface area contributed by atoms with Gasteiger partial charge >= 0.3 is 0 Å². The molecule has 0 radical (unpaired) electrons. The zero-order valence-corrected chi connectivity index (χ0v) is 41.0.